The fourth-order valence-corrected chi connectivity index (χ4v) is 2.15. The molecule has 1 heterocycles. The average molecular weight is 252 g/mol. The van der Waals surface area contributed by atoms with E-state index in [2.05, 4.69) is 11.1 Å². The Labute approximate surface area is 109 Å². The highest BCUT2D eigenvalue weighted by Crippen LogP contribution is 2.27. The second kappa shape index (κ2) is 4.71. The minimum absolute atomic E-state index is 0.0566. The Kier molecular flexibility index (Phi) is 2.90. The number of nitriles is 1. The third-order valence-electron chi connectivity index (χ3n) is 3.14. The van der Waals surface area contributed by atoms with E-state index in [1.54, 1.807) is 0 Å². The van der Waals surface area contributed by atoms with Crippen LogP contribution in [0.15, 0.2) is 40.8 Å². The van der Waals surface area contributed by atoms with Crippen LogP contribution in [0.3, 0.4) is 0 Å². The van der Waals surface area contributed by atoms with Crippen molar-refractivity contribution >= 4 is 21.9 Å². The maximum Gasteiger partial charge on any atom is 0.212 e. The number of aliphatic hydroxyl groups excluding tert-OH is 1. The summed E-state index contributed by atoms with van der Waals surface area (Å²) >= 11 is 0. The van der Waals surface area contributed by atoms with Gasteiger partial charge in [-0.15, -0.1) is 0 Å². The fourth-order valence-electron chi connectivity index (χ4n) is 2.15. The molecule has 0 saturated carbocycles. The molecule has 1 N–H and O–H groups in total. The predicted molar refractivity (Wildman–Crippen MR) is 71.6 cm³/mol. The van der Waals surface area contributed by atoms with Gasteiger partial charge in [-0.25, -0.2) is 4.98 Å². The smallest absolute Gasteiger partial charge is 0.212 e. The van der Waals surface area contributed by atoms with Gasteiger partial charge in [0, 0.05) is 6.61 Å². The number of aromatic nitrogens is 1. The van der Waals surface area contributed by atoms with Gasteiger partial charge >= 0.3 is 0 Å². The number of hydrogen-bond donors (Lipinski definition) is 1. The zero-order valence-corrected chi connectivity index (χ0v) is 10.2. The minimum Gasteiger partial charge on any atom is -0.439 e. The topological polar surface area (TPSA) is 70.0 Å². The van der Waals surface area contributed by atoms with Crippen LogP contribution in [-0.2, 0) is 0 Å². The summed E-state index contributed by atoms with van der Waals surface area (Å²) in [7, 11) is 0. The molecule has 4 nitrogen and oxygen atoms in total. The fraction of sp³-hybridized carbons (Fsp3) is 0.200. The molecule has 1 aromatic heterocycles. The zero-order chi connectivity index (χ0) is 13.2. The maximum absolute atomic E-state index is 9.06. The minimum atomic E-state index is -0.500. The largest absolute Gasteiger partial charge is 0.439 e. The molecule has 0 saturated heterocycles. The summed E-state index contributed by atoms with van der Waals surface area (Å²) in [5.41, 5.74) is 1.42. The lowest BCUT2D eigenvalue weighted by Crippen LogP contribution is -1.98. The highest BCUT2D eigenvalue weighted by atomic mass is 16.3. The van der Waals surface area contributed by atoms with Gasteiger partial charge in [0.05, 0.1) is 6.07 Å². The van der Waals surface area contributed by atoms with Gasteiger partial charge in [-0.3, -0.25) is 0 Å². The van der Waals surface area contributed by atoms with E-state index in [-0.39, 0.29) is 6.61 Å². The summed E-state index contributed by atoms with van der Waals surface area (Å²) in [4.78, 5) is 4.35. The van der Waals surface area contributed by atoms with Crippen LogP contribution in [0.25, 0.3) is 21.9 Å². The number of rotatable bonds is 3. The lowest BCUT2D eigenvalue weighted by atomic mass is 10.1. The number of nitrogens with zero attached hydrogens (tertiary/aromatic N) is 2. The van der Waals surface area contributed by atoms with Gasteiger partial charge in [-0.05, 0) is 29.3 Å². The Morgan fingerprint density at radius 1 is 1.26 bits per heavy atom. The van der Waals surface area contributed by atoms with Crippen molar-refractivity contribution in [2.75, 3.05) is 6.61 Å². The average Bonchev–Trinajstić information content (AvgIpc) is 2.84. The van der Waals surface area contributed by atoms with E-state index in [0.717, 1.165) is 16.3 Å². The molecule has 0 amide bonds. The molecule has 94 valence electrons. The molecule has 1 atom stereocenters. The van der Waals surface area contributed by atoms with Gasteiger partial charge in [0.1, 0.15) is 11.4 Å². The Balaban J connectivity index is 2.14. The van der Waals surface area contributed by atoms with E-state index in [9.17, 15) is 0 Å². The van der Waals surface area contributed by atoms with E-state index in [1.807, 2.05) is 36.4 Å². The van der Waals surface area contributed by atoms with E-state index >= 15 is 0 Å². The van der Waals surface area contributed by atoms with E-state index in [4.69, 9.17) is 14.8 Å². The number of oxazole rings is 1. The molecule has 0 fully saturated rings. The lowest BCUT2D eigenvalue weighted by molar-refractivity contribution is 0.277. The molecule has 3 rings (SSSR count). The van der Waals surface area contributed by atoms with E-state index in [1.165, 1.54) is 0 Å². The maximum atomic E-state index is 9.06. The third-order valence-corrected chi connectivity index (χ3v) is 3.14. The molecule has 0 aliphatic rings. The van der Waals surface area contributed by atoms with Gasteiger partial charge in [0.15, 0.2) is 5.58 Å². The number of hydrogen-bond acceptors (Lipinski definition) is 4. The number of aliphatic hydroxyl groups is 1. The molecular formula is C15H12N2O2. The van der Waals surface area contributed by atoms with Crippen molar-refractivity contribution in [3.8, 4) is 6.07 Å². The summed E-state index contributed by atoms with van der Waals surface area (Å²) in [6.45, 7) is -0.0566. The molecule has 0 spiro atoms. The van der Waals surface area contributed by atoms with Crippen LogP contribution in [0.1, 0.15) is 18.2 Å². The van der Waals surface area contributed by atoms with Gasteiger partial charge in [-0.2, -0.15) is 5.26 Å². The van der Waals surface area contributed by atoms with Crippen LogP contribution < -0.4 is 0 Å². The van der Waals surface area contributed by atoms with Gasteiger partial charge in [0.25, 0.3) is 0 Å². The molecular weight excluding hydrogens is 240 g/mol. The molecule has 2 aromatic carbocycles. The van der Waals surface area contributed by atoms with Crippen LogP contribution in [0.5, 0.6) is 0 Å². The zero-order valence-electron chi connectivity index (χ0n) is 10.2. The monoisotopic (exact) mass is 252 g/mol. The first kappa shape index (κ1) is 11.7. The lowest BCUT2D eigenvalue weighted by Gasteiger charge is -1.99. The van der Waals surface area contributed by atoms with E-state index in [0.29, 0.717) is 17.9 Å². The highest BCUT2D eigenvalue weighted by Gasteiger charge is 2.17. The molecule has 4 heteroatoms. The molecule has 0 aliphatic heterocycles. The first-order valence-electron chi connectivity index (χ1n) is 6.11. The van der Waals surface area contributed by atoms with Crippen molar-refractivity contribution in [1.29, 1.82) is 5.26 Å². The summed E-state index contributed by atoms with van der Waals surface area (Å²) in [6.07, 6.45) is 0.336. The second-order valence-corrected chi connectivity index (χ2v) is 4.41. The first-order chi connectivity index (χ1) is 9.31. The second-order valence-electron chi connectivity index (χ2n) is 4.41. The van der Waals surface area contributed by atoms with Gasteiger partial charge in [0.2, 0.25) is 5.89 Å². The van der Waals surface area contributed by atoms with Crippen molar-refractivity contribution in [1.82, 2.24) is 4.98 Å². The summed E-state index contributed by atoms with van der Waals surface area (Å²) in [5.74, 6) is -0.123. The Bertz CT molecular complexity index is 718. The SMILES string of the molecule is N#CC(CCO)c1nc2cc3ccccc3cc2o1. The molecule has 0 radical (unpaired) electrons. The molecule has 0 bridgehead atoms. The molecule has 0 aliphatic carbocycles. The number of fused-ring (bicyclic) bond motifs is 2. The van der Waals surface area contributed by atoms with Crippen molar-refractivity contribution < 1.29 is 9.52 Å². The van der Waals surface area contributed by atoms with Crippen LogP contribution in [0.2, 0.25) is 0 Å². The Morgan fingerprint density at radius 3 is 2.68 bits per heavy atom. The first-order valence-corrected chi connectivity index (χ1v) is 6.11. The molecule has 3 aromatic rings. The molecule has 1 unspecified atom stereocenters. The van der Waals surface area contributed by atoms with Crippen molar-refractivity contribution in [3.63, 3.8) is 0 Å². The van der Waals surface area contributed by atoms with Crippen LogP contribution in [-0.4, -0.2) is 16.7 Å². The Morgan fingerprint density at radius 2 is 2.00 bits per heavy atom. The highest BCUT2D eigenvalue weighted by molar-refractivity contribution is 5.94. The normalized spacial score (nSPS) is 12.6. The summed E-state index contributed by atoms with van der Waals surface area (Å²) in [6, 6.07) is 13.9. The van der Waals surface area contributed by atoms with E-state index < -0.39 is 5.92 Å². The van der Waals surface area contributed by atoms with Gasteiger partial charge in [-0.1, -0.05) is 24.3 Å². The summed E-state index contributed by atoms with van der Waals surface area (Å²) < 4.78 is 5.64. The Hall–Kier alpha value is -2.38. The summed E-state index contributed by atoms with van der Waals surface area (Å²) in [5, 5.41) is 20.2. The standard InChI is InChI=1S/C15H12N2O2/c16-9-12(5-6-18)15-17-13-7-10-3-1-2-4-11(10)8-14(13)19-15/h1-4,7-8,12,18H,5-6H2. The third kappa shape index (κ3) is 2.05. The number of benzene rings is 2. The van der Waals surface area contributed by atoms with Crippen LogP contribution in [0, 0.1) is 11.3 Å². The van der Waals surface area contributed by atoms with Crippen LogP contribution >= 0.6 is 0 Å². The van der Waals surface area contributed by atoms with Crippen LogP contribution in [0.4, 0.5) is 0 Å². The molecule has 19 heavy (non-hydrogen) atoms. The van der Waals surface area contributed by atoms with Crippen molar-refractivity contribution in [2.24, 2.45) is 0 Å². The quantitative estimate of drug-likeness (QED) is 0.778. The van der Waals surface area contributed by atoms with Crippen molar-refractivity contribution in [3.05, 3.63) is 42.3 Å². The van der Waals surface area contributed by atoms with Gasteiger partial charge < -0.3 is 9.52 Å². The predicted octanol–water partition coefficient (Wildman–Crippen LogP) is 2.97. The van der Waals surface area contributed by atoms with Crippen molar-refractivity contribution in [2.45, 2.75) is 12.3 Å².